The lowest BCUT2D eigenvalue weighted by molar-refractivity contribution is 0.414. The average molecular weight is 438 g/mol. The molecule has 18 heavy (non-hydrogen) atoms. The van der Waals surface area contributed by atoms with Gasteiger partial charge in [0.15, 0.2) is 0 Å². The van der Waals surface area contributed by atoms with E-state index in [1.807, 2.05) is 30.3 Å². The molecule has 0 heterocycles. The molecular formula is C14H11BrClIO. The Hall–Kier alpha value is -0.260. The monoisotopic (exact) mass is 436 g/mol. The van der Waals surface area contributed by atoms with Gasteiger partial charge in [0.2, 0.25) is 0 Å². The molecule has 0 spiro atoms. The summed E-state index contributed by atoms with van der Waals surface area (Å²) in [5, 5.41) is 0.705. The van der Waals surface area contributed by atoms with Crippen molar-refractivity contribution in [1.82, 2.24) is 0 Å². The molecule has 1 nitrogen and oxygen atoms in total. The van der Waals surface area contributed by atoms with E-state index in [2.05, 4.69) is 50.7 Å². The molecule has 0 N–H and O–H groups in total. The Morgan fingerprint density at radius 2 is 1.89 bits per heavy atom. The van der Waals surface area contributed by atoms with Crippen LogP contribution in [0, 0.1) is 3.57 Å². The van der Waals surface area contributed by atoms with E-state index in [1.165, 1.54) is 9.13 Å². The second kappa shape index (κ2) is 6.26. The van der Waals surface area contributed by atoms with Crippen LogP contribution in [0.1, 0.15) is 16.0 Å². The zero-order chi connectivity index (χ0) is 13.1. The van der Waals surface area contributed by atoms with Crippen molar-refractivity contribution < 1.29 is 4.74 Å². The summed E-state index contributed by atoms with van der Waals surface area (Å²) in [6.07, 6.45) is 0. The van der Waals surface area contributed by atoms with Crippen molar-refractivity contribution in [3.05, 3.63) is 62.2 Å². The highest BCUT2D eigenvalue weighted by Crippen LogP contribution is 2.38. The number of hydrogen-bond acceptors (Lipinski definition) is 1. The van der Waals surface area contributed by atoms with Crippen molar-refractivity contribution in [2.24, 2.45) is 0 Å². The standard InChI is InChI=1S/C14H11BrClIO/c1-18-9-6-7-10(12(16)8-9)14(15)11-4-2-3-5-13(11)17/h2-8,14H,1H3. The number of hydrogen-bond donors (Lipinski definition) is 0. The van der Waals surface area contributed by atoms with Gasteiger partial charge in [0.1, 0.15) is 5.75 Å². The molecule has 0 radical (unpaired) electrons. The van der Waals surface area contributed by atoms with Crippen molar-refractivity contribution in [3.63, 3.8) is 0 Å². The molecule has 0 saturated carbocycles. The van der Waals surface area contributed by atoms with Gasteiger partial charge in [0, 0.05) is 8.59 Å². The molecule has 2 aromatic rings. The molecule has 1 atom stereocenters. The number of alkyl halides is 1. The molecule has 0 amide bonds. The summed E-state index contributed by atoms with van der Waals surface area (Å²) in [6, 6.07) is 14.0. The minimum atomic E-state index is 0.0870. The zero-order valence-corrected chi connectivity index (χ0v) is 14.2. The van der Waals surface area contributed by atoms with E-state index in [0.29, 0.717) is 5.02 Å². The van der Waals surface area contributed by atoms with Gasteiger partial charge >= 0.3 is 0 Å². The Bertz CT molecular complexity index is 559. The van der Waals surface area contributed by atoms with Gasteiger partial charge < -0.3 is 4.74 Å². The predicted molar refractivity (Wildman–Crippen MR) is 87.9 cm³/mol. The number of halogens is 3. The van der Waals surface area contributed by atoms with Crippen molar-refractivity contribution in [3.8, 4) is 5.75 Å². The van der Waals surface area contributed by atoms with Crippen molar-refractivity contribution in [2.45, 2.75) is 4.83 Å². The van der Waals surface area contributed by atoms with Crippen LogP contribution in [-0.4, -0.2) is 7.11 Å². The average Bonchev–Trinajstić information content (AvgIpc) is 2.38. The van der Waals surface area contributed by atoms with Crippen LogP contribution in [0.3, 0.4) is 0 Å². The van der Waals surface area contributed by atoms with Crippen LogP contribution in [0.5, 0.6) is 5.75 Å². The highest BCUT2D eigenvalue weighted by atomic mass is 127. The highest BCUT2D eigenvalue weighted by molar-refractivity contribution is 14.1. The molecule has 0 aliphatic rings. The molecule has 1 unspecified atom stereocenters. The molecule has 0 aliphatic carbocycles. The van der Waals surface area contributed by atoms with Crippen molar-refractivity contribution in [1.29, 1.82) is 0 Å². The van der Waals surface area contributed by atoms with Crippen LogP contribution in [0.15, 0.2) is 42.5 Å². The van der Waals surface area contributed by atoms with Crippen molar-refractivity contribution >= 4 is 50.1 Å². The lowest BCUT2D eigenvalue weighted by atomic mass is 10.0. The lowest BCUT2D eigenvalue weighted by Crippen LogP contribution is -1.97. The minimum Gasteiger partial charge on any atom is -0.497 e. The van der Waals surface area contributed by atoms with E-state index < -0.39 is 0 Å². The fourth-order valence-corrected chi connectivity index (χ4v) is 4.03. The summed E-state index contributed by atoms with van der Waals surface area (Å²) in [5.74, 6) is 0.770. The van der Waals surface area contributed by atoms with E-state index in [1.54, 1.807) is 7.11 Å². The van der Waals surface area contributed by atoms with Crippen LogP contribution in [-0.2, 0) is 0 Å². The molecule has 2 rings (SSSR count). The Balaban J connectivity index is 2.40. The topological polar surface area (TPSA) is 9.23 Å². The van der Waals surface area contributed by atoms with Crippen LogP contribution in [0.2, 0.25) is 5.02 Å². The smallest absolute Gasteiger partial charge is 0.120 e. The third kappa shape index (κ3) is 3.00. The molecule has 0 fully saturated rings. The molecule has 0 bridgehead atoms. The van der Waals surface area contributed by atoms with E-state index in [-0.39, 0.29) is 4.83 Å². The predicted octanol–water partition coefficient (Wildman–Crippen LogP) is 5.44. The summed E-state index contributed by atoms with van der Waals surface area (Å²) >= 11 is 12.3. The third-order valence-corrected chi connectivity index (χ3v) is 4.96. The van der Waals surface area contributed by atoms with Crippen LogP contribution < -0.4 is 4.74 Å². The maximum atomic E-state index is 6.29. The van der Waals surface area contributed by atoms with Crippen LogP contribution in [0.4, 0.5) is 0 Å². The fraction of sp³-hybridized carbons (Fsp3) is 0.143. The molecule has 0 aliphatic heterocycles. The zero-order valence-electron chi connectivity index (χ0n) is 9.66. The summed E-state index contributed by atoms with van der Waals surface area (Å²) in [5.41, 5.74) is 2.26. The van der Waals surface area contributed by atoms with E-state index in [9.17, 15) is 0 Å². The lowest BCUT2D eigenvalue weighted by Gasteiger charge is -2.15. The van der Waals surface area contributed by atoms with Gasteiger partial charge in [-0.2, -0.15) is 0 Å². The van der Waals surface area contributed by atoms with Gasteiger partial charge in [-0.25, -0.2) is 0 Å². The molecule has 0 saturated heterocycles. The maximum Gasteiger partial charge on any atom is 0.120 e. The second-order valence-corrected chi connectivity index (χ2v) is 6.26. The van der Waals surface area contributed by atoms with Gasteiger partial charge in [0.05, 0.1) is 11.9 Å². The third-order valence-electron chi connectivity index (χ3n) is 2.66. The Morgan fingerprint density at radius 3 is 2.50 bits per heavy atom. The Kier molecular flexibility index (Phi) is 4.92. The number of ether oxygens (including phenoxy) is 1. The largest absolute Gasteiger partial charge is 0.497 e. The second-order valence-electron chi connectivity index (χ2n) is 3.77. The van der Waals surface area contributed by atoms with Gasteiger partial charge in [0.25, 0.3) is 0 Å². The van der Waals surface area contributed by atoms with Crippen molar-refractivity contribution in [2.75, 3.05) is 7.11 Å². The van der Waals surface area contributed by atoms with Gasteiger partial charge in [-0.05, 0) is 51.9 Å². The van der Waals surface area contributed by atoms with Gasteiger partial charge in [-0.15, -0.1) is 0 Å². The van der Waals surface area contributed by atoms with E-state index in [0.717, 1.165) is 11.3 Å². The number of rotatable bonds is 3. The molecule has 4 heteroatoms. The number of methoxy groups -OCH3 is 1. The molecular weight excluding hydrogens is 426 g/mol. The minimum absolute atomic E-state index is 0.0870. The SMILES string of the molecule is COc1ccc(C(Br)c2ccccc2I)c(Cl)c1. The summed E-state index contributed by atoms with van der Waals surface area (Å²) < 4.78 is 6.37. The van der Waals surface area contributed by atoms with Gasteiger partial charge in [-0.3, -0.25) is 0 Å². The van der Waals surface area contributed by atoms with Crippen LogP contribution >= 0.6 is 50.1 Å². The fourth-order valence-electron chi connectivity index (χ4n) is 1.69. The molecule has 0 aromatic heterocycles. The van der Waals surface area contributed by atoms with E-state index >= 15 is 0 Å². The summed E-state index contributed by atoms with van der Waals surface area (Å²) in [4.78, 5) is 0.0870. The first-order valence-corrected chi connectivity index (χ1v) is 7.72. The normalized spacial score (nSPS) is 12.2. The summed E-state index contributed by atoms with van der Waals surface area (Å²) in [7, 11) is 1.64. The quantitative estimate of drug-likeness (QED) is 0.459. The first-order valence-electron chi connectivity index (χ1n) is 5.35. The maximum absolute atomic E-state index is 6.29. The Labute approximate surface area is 134 Å². The molecule has 2 aromatic carbocycles. The van der Waals surface area contributed by atoms with Crippen LogP contribution in [0.25, 0.3) is 0 Å². The highest BCUT2D eigenvalue weighted by Gasteiger charge is 2.16. The number of benzene rings is 2. The Morgan fingerprint density at radius 1 is 1.17 bits per heavy atom. The first-order chi connectivity index (χ1) is 8.63. The summed E-state index contributed by atoms with van der Waals surface area (Å²) in [6.45, 7) is 0. The molecule has 94 valence electrons. The van der Waals surface area contributed by atoms with Gasteiger partial charge in [-0.1, -0.05) is 51.8 Å². The van der Waals surface area contributed by atoms with E-state index in [4.69, 9.17) is 16.3 Å². The first kappa shape index (κ1) is 14.2.